The molecule has 0 aromatic carbocycles. The molecular weight excluding hydrogens is 358 g/mol. The number of piperazine rings is 1. The molecule has 2 aliphatic heterocycles. The molecule has 7 nitrogen and oxygen atoms in total. The van der Waals surface area contributed by atoms with Gasteiger partial charge in [0.05, 0.1) is 11.7 Å². The largest absolute Gasteiger partial charge is 0.466 e. The minimum Gasteiger partial charge on any atom is -0.466 e. The van der Waals surface area contributed by atoms with Gasteiger partial charge in [-0.25, -0.2) is 0 Å². The number of carbonyl (C=O) groups excluding carboxylic acids is 2. The number of rotatable bonds is 7. The number of nitrogens with zero attached hydrogens (tertiary/aromatic N) is 3. The van der Waals surface area contributed by atoms with Gasteiger partial charge in [0, 0.05) is 52.3 Å². The summed E-state index contributed by atoms with van der Waals surface area (Å²) in [5, 5.41) is 0. The Balaban J connectivity index is 1.61. The van der Waals surface area contributed by atoms with Crippen LogP contribution >= 0.6 is 0 Å². The second kappa shape index (κ2) is 9.56. The Kier molecular flexibility index (Phi) is 7.13. The molecule has 1 aromatic rings. The zero-order valence-corrected chi connectivity index (χ0v) is 17.4. The van der Waals surface area contributed by atoms with Crippen LogP contribution in [0.4, 0.5) is 0 Å². The van der Waals surface area contributed by atoms with Crippen molar-refractivity contribution >= 4 is 11.8 Å². The predicted molar refractivity (Wildman–Crippen MR) is 106 cm³/mol. The van der Waals surface area contributed by atoms with E-state index in [2.05, 4.69) is 11.8 Å². The van der Waals surface area contributed by atoms with Crippen molar-refractivity contribution in [1.82, 2.24) is 14.7 Å². The second-order valence-electron chi connectivity index (χ2n) is 7.78. The summed E-state index contributed by atoms with van der Waals surface area (Å²) < 4.78 is 11.3. The maximum Gasteiger partial charge on any atom is 0.257 e. The van der Waals surface area contributed by atoms with Gasteiger partial charge in [-0.05, 0) is 39.3 Å². The van der Waals surface area contributed by atoms with E-state index in [1.165, 1.54) is 0 Å². The Labute approximate surface area is 167 Å². The highest BCUT2D eigenvalue weighted by Gasteiger charge is 2.27. The first-order valence-electron chi connectivity index (χ1n) is 10.5. The molecule has 0 aliphatic carbocycles. The van der Waals surface area contributed by atoms with Crippen LogP contribution in [0.15, 0.2) is 10.5 Å². The quantitative estimate of drug-likeness (QED) is 0.712. The van der Waals surface area contributed by atoms with E-state index in [1.54, 1.807) is 11.0 Å². The molecule has 0 saturated carbocycles. The van der Waals surface area contributed by atoms with Crippen molar-refractivity contribution in [1.29, 1.82) is 0 Å². The van der Waals surface area contributed by atoms with Crippen molar-refractivity contribution in [2.24, 2.45) is 0 Å². The van der Waals surface area contributed by atoms with Gasteiger partial charge < -0.3 is 23.9 Å². The summed E-state index contributed by atoms with van der Waals surface area (Å²) in [6.07, 6.45) is 2.39. The van der Waals surface area contributed by atoms with Gasteiger partial charge in [-0.3, -0.25) is 9.59 Å². The van der Waals surface area contributed by atoms with E-state index in [1.807, 2.05) is 18.7 Å². The minimum absolute atomic E-state index is 0.0560. The van der Waals surface area contributed by atoms with Gasteiger partial charge in [-0.1, -0.05) is 6.92 Å². The van der Waals surface area contributed by atoms with Crippen molar-refractivity contribution in [3.8, 4) is 0 Å². The highest BCUT2D eigenvalue weighted by Crippen LogP contribution is 2.19. The second-order valence-corrected chi connectivity index (χ2v) is 7.78. The monoisotopic (exact) mass is 391 g/mol. The lowest BCUT2D eigenvalue weighted by molar-refractivity contribution is -0.133. The van der Waals surface area contributed by atoms with Crippen LogP contribution in [0.1, 0.15) is 48.1 Å². The number of likely N-dealkylation sites (N-methyl/N-ethyl adjacent to an activating group) is 1. The Morgan fingerprint density at radius 2 is 1.96 bits per heavy atom. The van der Waals surface area contributed by atoms with Crippen LogP contribution < -0.4 is 0 Å². The third kappa shape index (κ3) is 5.14. The van der Waals surface area contributed by atoms with E-state index in [4.69, 9.17) is 9.15 Å². The van der Waals surface area contributed by atoms with Crippen LogP contribution in [0.2, 0.25) is 0 Å². The number of aryl methyl sites for hydroxylation is 2. The maximum atomic E-state index is 13.1. The molecule has 1 aromatic heterocycles. The summed E-state index contributed by atoms with van der Waals surface area (Å²) in [6.45, 7) is 11.9. The third-order valence-electron chi connectivity index (χ3n) is 5.77. The first-order chi connectivity index (χ1) is 13.5. The summed E-state index contributed by atoms with van der Waals surface area (Å²) in [7, 11) is 0. The van der Waals surface area contributed by atoms with Crippen LogP contribution in [0, 0.1) is 13.8 Å². The molecule has 0 radical (unpaired) electrons. The lowest BCUT2D eigenvalue weighted by Gasteiger charge is -2.34. The van der Waals surface area contributed by atoms with Crippen LogP contribution in [-0.2, 0) is 9.53 Å². The minimum atomic E-state index is -0.0755. The lowest BCUT2D eigenvalue weighted by atomic mass is 10.1. The Morgan fingerprint density at radius 3 is 2.54 bits per heavy atom. The van der Waals surface area contributed by atoms with Gasteiger partial charge in [0.15, 0.2) is 0 Å². The molecule has 2 fully saturated rings. The highest BCUT2D eigenvalue weighted by atomic mass is 16.5. The molecule has 28 heavy (non-hydrogen) atoms. The fraction of sp³-hybridized carbons (Fsp3) is 0.714. The molecule has 0 bridgehead atoms. The number of amides is 2. The molecular formula is C21H33N3O4. The van der Waals surface area contributed by atoms with Gasteiger partial charge >= 0.3 is 0 Å². The molecule has 1 unspecified atom stereocenters. The van der Waals surface area contributed by atoms with Gasteiger partial charge in [0.2, 0.25) is 5.91 Å². The van der Waals surface area contributed by atoms with Crippen molar-refractivity contribution in [2.75, 3.05) is 52.4 Å². The lowest BCUT2D eigenvalue weighted by Crippen LogP contribution is -2.49. The first kappa shape index (κ1) is 20.9. The van der Waals surface area contributed by atoms with Crippen LogP contribution in [-0.4, -0.2) is 85.0 Å². The smallest absolute Gasteiger partial charge is 0.257 e. The van der Waals surface area contributed by atoms with Gasteiger partial charge in [0.25, 0.3) is 5.91 Å². The molecule has 2 amide bonds. The SMILES string of the molecule is CCN1CCN(C(=O)CCN(CC2CCCO2)C(=O)c2cc(C)oc2C)CC1. The van der Waals surface area contributed by atoms with Crippen LogP contribution in [0.5, 0.6) is 0 Å². The van der Waals surface area contributed by atoms with E-state index in [0.717, 1.165) is 57.9 Å². The average molecular weight is 392 g/mol. The van der Waals surface area contributed by atoms with Gasteiger partial charge in [-0.15, -0.1) is 0 Å². The van der Waals surface area contributed by atoms with Crippen molar-refractivity contribution in [2.45, 2.75) is 46.1 Å². The summed E-state index contributed by atoms with van der Waals surface area (Å²) in [5.41, 5.74) is 0.583. The fourth-order valence-electron chi connectivity index (χ4n) is 4.03. The topological polar surface area (TPSA) is 66.2 Å². The zero-order valence-electron chi connectivity index (χ0n) is 17.4. The molecule has 156 valence electrons. The zero-order chi connectivity index (χ0) is 20.1. The van der Waals surface area contributed by atoms with E-state index < -0.39 is 0 Å². The van der Waals surface area contributed by atoms with Gasteiger partial charge in [0.1, 0.15) is 11.5 Å². The summed E-state index contributed by atoms with van der Waals surface area (Å²) in [4.78, 5) is 31.8. The van der Waals surface area contributed by atoms with E-state index in [0.29, 0.717) is 30.8 Å². The van der Waals surface area contributed by atoms with Crippen molar-refractivity contribution < 1.29 is 18.7 Å². The molecule has 3 heterocycles. The van der Waals surface area contributed by atoms with Crippen molar-refractivity contribution in [3.05, 3.63) is 23.2 Å². The normalized spacial score (nSPS) is 20.5. The van der Waals surface area contributed by atoms with Crippen molar-refractivity contribution in [3.63, 3.8) is 0 Å². The number of ether oxygens (including phenoxy) is 1. The first-order valence-corrected chi connectivity index (χ1v) is 10.5. The molecule has 3 rings (SSSR count). The molecule has 2 saturated heterocycles. The Morgan fingerprint density at radius 1 is 1.21 bits per heavy atom. The predicted octanol–water partition coefficient (Wildman–Crippen LogP) is 2.07. The number of furan rings is 1. The van der Waals surface area contributed by atoms with Crippen LogP contribution in [0.3, 0.4) is 0 Å². The van der Waals surface area contributed by atoms with Crippen LogP contribution in [0.25, 0.3) is 0 Å². The standard InChI is InChI=1S/C21H33N3O4/c1-4-22-9-11-23(12-10-22)20(25)7-8-24(15-18-6-5-13-27-18)21(26)19-14-16(2)28-17(19)3/h14,18H,4-13,15H2,1-3H3. The molecule has 2 aliphatic rings. The molecule has 1 atom stereocenters. The number of carbonyl (C=O) groups is 2. The molecule has 7 heteroatoms. The summed E-state index contributed by atoms with van der Waals surface area (Å²) >= 11 is 0. The molecule has 0 N–H and O–H groups in total. The number of hydrogen-bond acceptors (Lipinski definition) is 5. The van der Waals surface area contributed by atoms with E-state index >= 15 is 0 Å². The Bertz CT molecular complexity index is 673. The fourth-order valence-corrected chi connectivity index (χ4v) is 4.03. The third-order valence-corrected chi connectivity index (χ3v) is 5.77. The van der Waals surface area contributed by atoms with E-state index in [-0.39, 0.29) is 17.9 Å². The maximum absolute atomic E-state index is 13.1. The average Bonchev–Trinajstić information content (AvgIpc) is 3.33. The number of hydrogen-bond donors (Lipinski definition) is 0. The summed E-state index contributed by atoms with van der Waals surface area (Å²) in [5.74, 6) is 1.40. The van der Waals surface area contributed by atoms with Gasteiger partial charge in [-0.2, -0.15) is 0 Å². The highest BCUT2D eigenvalue weighted by molar-refractivity contribution is 5.95. The Hall–Kier alpha value is -1.86. The van der Waals surface area contributed by atoms with E-state index in [9.17, 15) is 9.59 Å². The molecule has 0 spiro atoms. The summed E-state index contributed by atoms with van der Waals surface area (Å²) in [6, 6.07) is 1.78.